The first kappa shape index (κ1) is 37.2. The molecule has 8 aromatic rings. The number of anilines is 2. The lowest BCUT2D eigenvalue weighted by Crippen LogP contribution is -2.29. The molecule has 3 aliphatic carbocycles. The molecule has 0 saturated heterocycles. The zero-order chi connectivity index (χ0) is 42.0. The number of aromatic nitrogens is 2. The van der Waals surface area contributed by atoms with Gasteiger partial charge in [-0.2, -0.15) is 0 Å². The number of pyridine rings is 2. The lowest BCUT2D eigenvalue weighted by Gasteiger charge is -2.34. The third kappa shape index (κ3) is 5.24. The topological polar surface area (TPSA) is 32.3 Å². The van der Waals surface area contributed by atoms with Gasteiger partial charge in [-0.1, -0.05) is 137 Å². The first-order valence-electron chi connectivity index (χ1n) is 21.5. The molecule has 0 atom stereocenters. The molecular formula is C57H50N4. The Morgan fingerprint density at radius 1 is 0.361 bits per heavy atom. The molecule has 0 fully saturated rings. The second-order valence-electron chi connectivity index (χ2n) is 18.7. The van der Waals surface area contributed by atoms with Crippen molar-refractivity contribution in [2.24, 2.45) is 0 Å². The van der Waals surface area contributed by atoms with Crippen LogP contribution in [0, 0.1) is 0 Å². The number of hydrogen-bond donors (Lipinski definition) is 0. The van der Waals surface area contributed by atoms with E-state index in [1.807, 2.05) is 0 Å². The van der Waals surface area contributed by atoms with Crippen LogP contribution < -0.4 is 9.80 Å². The van der Waals surface area contributed by atoms with Gasteiger partial charge in [0.05, 0.1) is 28.2 Å². The summed E-state index contributed by atoms with van der Waals surface area (Å²) in [5.41, 5.74) is 22.8. The van der Waals surface area contributed by atoms with Crippen molar-refractivity contribution in [3.05, 3.63) is 202 Å². The van der Waals surface area contributed by atoms with E-state index in [9.17, 15) is 0 Å². The van der Waals surface area contributed by atoms with Crippen molar-refractivity contribution in [1.82, 2.24) is 9.97 Å². The van der Waals surface area contributed by atoms with Crippen LogP contribution in [0.1, 0.15) is 72.2 Å². The van der Waals surface area contributed by atoms with Gasteiger partial charge in [-0.05, 0) is 115 Å². The van der Waals surface area contributed by atoms with Crippen molar-refractivity contribution in [2.75, 3.05) is 38.0 Å². The Hall–Kier alpha value is -6.78. The fourth-order valence-corrected chi connectivity index (χ4v) is 10.9. The van der Waals surface area contributed by atoms with Crippen LogP contribution in [0.5, 0.6) is 0 Å². The molecule has 0 amide bonds. The number of rotatable bonds is 6. The molecule has 0 radical (unpaired) electrons. The van der Waals surface area contributed by atoms with Gasteiger partial charge in [-0.15, -0.1) is 0 Å². The summed E-state index contributed by atoms with van der Waals surface area (Å²) in [7, 11) is 8.39. The lowest BCUT2D eigenvalue weighted by molar-refractivity contribution is 0.660. The second-order valence-corrected chi connectivity index (χ2v) is 18.7. The van der Waals surface area contributed by atoms with Crippen LogP contribution in [0.15, 0.2) is 158 Å². The van der Waals surface area contributed by atoms with E-state index in [2.05, 4.69) is 223 Å². The maximum atomic E-state index is 5.69. The van der Waals surface area contributed by atoms with Crippen LogP contribution in [0.2, 0.25) is 0 Å². The zero-order valence-corrected chi connectivity index (χ0v) is 36.3. The van der Waals surface area contributed by atoms with Crippen LogP contribution in [0.3, 0.4) is 0 Å². The molecule has 6 aromatic carbocycles. The maximum Gasteiger partial charge on any atom is 0.0945 e. The smallest absolute Gasteiger partial charge is 0.0945 e. The highest BCUT2D eigenvalue weighted by Gasteiger charge is 2.48. The predicted molar refractivity (Wildman–Crippen MR) is 254 cm³/mol. The monoisotopic (exact) mass is 790 g/mol. The molecule has 0 saturated carbocycles. The van der Waals surface area contributed by atoms with Crippen LogP contribution in [-0.4, -0.2) is 38.2 Å². The van der Waals surface area contributed by atoms with Crippen LogP contribution in [-0.2, 0) is 16.2 Å². The summed E-state index contributed by atoms with van der Waals surface area (Å²) in [5, 5.41) is 0. The van der Waals surface area contributed by atoms with Gasteiger partial charge in [0.25, 0.3) is 0 Å². The number of fused-ring (bicyclic) bond motifs is 9. The van der Waals surface area contributed by atoms with Gasteiger partial charge in [0.2, 0.25) is 0 Å². The molecule has 0 unspecified atom stereocenters. The third-order valence-electron chi connectivity index (χ3n) is 14.2. The van der Waals surface area contributed by atoms with E-state index in [1.165, 1.54) is 55.6 Å². The molecule has 0 N–H and O–H groups in total. The van der Waals surface area contributed by atoms with Crippen molar-refractivity contribution < 1.29 is 0 Å². The van der Waals surface area contributed by atoms with Gasteiger partial charge in [0, 0.05) is 61.5 Å². The fraction of sp³-hybridized carbons (Fsp3) is 0.193. The summed E-state index contributed by atoms with van der Waals surface area (Å²) >= 11 is 0. The highest BCUT2D eigenvalue weighted by atomic mass is 15.1. The minimum Gasteiger partial charge on any atom is -0.378 e. The van der Waals surface area contributed by atoms with Crippen molar-refractivity contribution >= 4 is 11.4 Å². The third-order valence-corrected chi connectivity index (χ3v) is 14.2. The number of hydrogen-bond acceptors (Lipinski definition) is 4. The minimum atomic E-state index is -0.652. The number of benzene rings is 6. The molecule has 3 aliphatic rings. The van der Waals surface area contributed by atoms with Crippen molar-refractivity contribution in [2.45, 2.75) is 43.9 Å². The summed E-state index contributed by atoms with van der Waals surface area (Å²) in [6.07, 6.45) is 0. The predicted octanol–water partition coefficient (Wildman–Crippen LogP) is 12.9. The molecule has 0 bridgehead atoms. The van der Waals surface area contributed by atoms with Crippen LogP contribution in [0.25, 0.3) is 56.2 Å². The first-order chi connectivity index (χ1) is 29.4. The van der Waals surface area contributed by atoms with Gasteiger partial charge < -0.3 is 9.80 Å². The molecule has 11 rings (SSSR count). The Balaban J connectivity index is 1.14. The largest absolute Gasteiger partial charge is 0.378 e. The molecule has 2 heterocycles. The van der Waals surface area contributed by atoms with Gasteiger partial charge in [0.1, 0.15) is 0 Å². The van der Waals surface area contributed by atoms with Gasteiger partial charge in [0.15, 0.2) is 0 Å². The van der Waals surface area contributed by atoms with Crippen molar-refractivity contribution in [3.8, 4) is 56.2 Å². The molecule has 0 spiro atoms. The highest BCUT2D eigenvalue weighted by molar-refractivity contribution is 5.88. The molecule has 4 heteroatoms. The average molecular weight is 791 g/mol. The van der Waals surface area contributed by atoms with E-state index >= 15 is 0 Å². The molecular weight excluding hydrogens is 741 g/mol. The summed E-state index contributed by atoms with van der Waals surface area (Å²) in [4.78, 5) is 15.7. The van der Waals surface area contributed by atoms with Crippen molar-refractivity contribution in [3.63, 3.8) is 0 Å². The maximum absolute atomic E-state index is 5.69. The Morgan fingerprint density at radius 3 is 1.13 bits per heavy atom. The Morgan fingerprint density at radius 2 is 0.738 bits per heavy atom. The normalized spacial score (nSPS) is 15.3. The van der Waals surface area contributed by atoms with E-state index in [0.29, 0.717) is 0 Å². The lowest BCUT2D eigenvalue weighted by atomic mass is 9.68. The molecule has 4 nitrogen and oxygen atoms in total. The van der Waals surface area contributed by atoms with E-state index < -0.39 is 5.41 Å². The minimum absolute atomic E-state index is 0.111. The van der Waals surface area contributed by atoms with E-state index in [-0.39, 0.29) is 10.8 Å². The molecule has 61 heavy (non-hydrogen) atoms. The average Bonchev–Trinajstić information content (AvgIpc) is 3.80. The van der Waals surface area contributed by atoms with Gasteiger partial charge in [-0.3, -0.25) is 0 Å². The van der Waals surface area contributed by atoms with E-state index in [0.717, 1.165) is 56.4 Å². The summed E-state index contributed by atoms with van der Waals surface area (Å²) in [6.45, 7) is 9.37. The van der Waals surface area contributed by atoms with Gasteiger partial charge >= 0.3 is 0 Å². The Labute approximate surface area is 360 Å². The summed E-state index contributed by atoms with van der Waals surface area (Å²) < 4.78 is 0. The second kappa shape index (κ2) is 13.1. The van der Waals surface area contributed by atoms with Gasteiger partial charge in [-0.25, -0.2) is 9.97 Å². The Bertz CT molecular complexity index is 2870. The summed E-state index contributed by atoms with van der Waals surface area (Å²) in [5.74, 6) is 0. The molecule has 2 aromatic heterocycles. The molecule has 0 aliphatic heterocycles. The van der Waals surface area contributed by atoms with Crippen LogP contribution in [0.4, 0.5) is 11.4 Å². The first-order valence-corrected chi connectivity index (χ1v) is 21.5. The van der Waals surface area contributed by atoms with Crippen LogP contribution >= 0.6 is 0 Å². The quantitative estimate of drug-likeness (QED) is 0.168. The summed E-state index contributed by atoms with van der Waals surface area (Å²) in [6, 6.07) is 58.8. The SMILES string of the molecule is CN(C)c1ccc(C2(c3ccc(N(C)C)cc3)c3ccc(-c4ccc5c(c4)C(C)(C)c4ccccc4-5)nc3-c3nc(-c4ccc5c(c4)C(C)(C)c4ccccc4-5)ccc32)cc1. The zero-order valence-electron chi connectivity index (χ0n) is 36.3. The Kier molecular flexibility index (Phi) is 8.00. The molecule has 298 valence electrons. The van der Waals surface area contributed by atoms with E-state index in [4.69, 9.17) is 9.97 Å². The van der Waals surface area contributed by atoms with Crippen molar-refractivity contribution in [1.29, 1.82) is 0 Å². The van der Waals surface area contributed by atoms with E-state index in [1.54, 1.807) is 0 Å². The standard InChI is InChI=1S/C57H50N4/c1-55(2)45-15-11-9-13-41(45)43-27-17-35(33-49(43)55)51-31-29-47-53(58-51)54-48(57(47,37-19-23-39(24-20-37)60(5)6)38-21-25-40(26-22-38)61(7)8)30-32-52(59-54)36-18-28-44-42-14-10-12-16-46(42)56(3,4)50(44)34-36/h9-34H,1-8H3. The highest BCUT2D eigenvalue weighted by Crippen LogP contribution is 2.57. The number of nitrogens with zero attached hydrogens (tertiary/aromatic N) is 4. The fourth-order valence-electron chi connectivity index (χ4n) is 10.9.